The Morgan fingerprint density at radius 3 is 2.21 bits per heavy atom. The van der Waals surface area contributed by atoms with Crippen LogP contribution in [-0.2, 0) is 20.3 Å². The molecule has 0 aliphatic heterocycles. The van der Waals surface area contributed by atoms with Gasteiger partial charge in [-0.15, -0.1) is 0 Å². The highest BCUT2D eigenvalue weighted by molar-refractivity contribution is 7.84. The van der Waals surface area contributed by atoms with Gasteiger partial charge in [0.1, 0.15) is 0 Å². The first-order valence-corrected chi connectivity index (χ1v) is 10.7. The lowest BCUT2D eigenvalue weighted by molar-refractivity contribution is -0.119. The molecule has 0 radical (unpaired) electrons. The van der Waals surface area contributed by atoms with Gasteiger partial charge in [0, 0.05) is 30.6 Å². The van der Waals surface area contributed by atoms with E-state index in [1.54, 1.807) is 47.4 Å². The fourth-order valence-electron chi connectivity index (χ4n) is 2.68. The van der Waals surface area contributed by atoms with Crippen LogP contribution in [0.2, 0.25) is 0 Å². The minimum absolute atomic E-state index is 0.0752. The molecule has 1 N–H and O–H groups in total. The van der Waals surface area contributed by atoms with Crippen LogP contribution < -0.4 is 5.32 Å². The zero-order valence-corrected chi connectivity index (χ0v) is 17.5. The maximum Gasteiger partial charge on any atom is 0.339 e. The van der Waals surface area contributed by atoms with Crippen molar-refractivity contribution in [2.24, 2.45) is 0 Å². The molecule has 2 aromatic rings. The summed E-state index contributed by atoms with van der Waals surface area (Å²) in [7, 11) is -1.35. The van der Waals surface area contributed by atoms with E-state index in [1.165, 1.54) is 12.3 Å². The van der Waals surface area contributed by atoms with Gasteiger partial charge in [-0.3, -0.25) is 13.8 Å². The van der Waals surface area contributed by atoms with Crippen LogP contribution in [0.15, 0.2) is 53.4 Å². The van der Waals surface area contributed by atoms with Gasteiger partial charge in [0.05, 0.1) is 21.3 Å². The molecule has 0 heterocycles. The molecule has 2 rings (SSSR count). The molecule has 0 saturated heterocycles. The summed E-state index contributed by atoms with van der Waals surface area (Å²) in [6, 6.07) is 12.9. The van der Waals surface area contributed by atoms with Crippen LogP contribution in [0, 0.1) is 0 Å². The lowest BCUT2D eigenvalue weighted by atomic mass is 10.2. The molecule has 0 fully saturated rings. The Morgan fingerprint density at radius 1 is 1.00 bits per heavy atom. The molecule has 0 bridgehead atoms. The number of rotatable bonds is 8. The third-order valence-electron chi connectivity index (χ3n) is 4.22. The zero-order chi connectivity index (χ0) is 21.4. The molecule has 0 aliphatic rings. The number of amides is 2. The Hall–Kier alpha value is -3.00. The molecule has 0 unspecified atom stereocenters. The smallest absolute Gasteiger partial charge is 0.339 e. The Bertz CT molecular complexity index is 908. The molecule has 2 amide bonds. The maximum atomic E-state index is 12.3. The van der Waals surface area contributed by atoms with Gasteiger partial charge in [0.25, 0.3) is 11.8 Å². The number of carbonyl (C=O) groups excluding carboxylic acids is 3. The Kier molecular flexibility index (Phi) is 8.09. The van der Waals surface area contributed by atoms with Gasteiger partial charge < -0.3 is 15.0 Å². The highest BCUT2D eigenvalue weighted by Crippen LogP contribution is 2.14. The van der Waals surface area contributed by atoms with E-state index >= 15 is 0 Å². The molecular formula is C21H24N2O5S. The van der Waals surface area contributed by atoms with E-state index in [4.69, 9.17) is 4.74 Å². The number of ether oxygens (including phenoxy) is 1. The highest BCUT2D eigenvalue weighted by Gasteiger charge is 2.16. The number of nitrogens with zero attached hydrogens (tertiary/aromatic N) is 1. The lowest BCUT2D eigenvalue weighted by Crippen LogP contribution is -2.30. The second-order valence-corrected chi connectivity index (χ2v) is 7.48. The van der Waals surface area contributed by atoms with Crippen molar-refractivity contribution < 1.29 is 23.3 Å². The molecule has 0 saturated carbocycles. The van der Waals surface area contributed by atoms with E-state index in [2.05, 4.69) is 5.32 Å². The molecule has 29 heavy (non-hydrogen) atoms. The summed E-state index contributed by atoms with van der Waals surface area (Å²) in [6.07, 6.45) is 1.47. The topological polar surface area (TPSA) is 92.8 Å². The zero-order valence-electron chi connectivity index (χ0n) is 16.6. The van der Waals surface area contributed by atoms with Gasteiger partial charge in [0.2, 0.25) is 0 Å². The Morgan fingerprint density at radius 2 is 1.62 bits per heavy atom. The van der Waals surface area contributed by atoms with Crippen LogP contribution in [0.1, 0.15) is 34.6 Å². The lowest BCUT2D eigenvalue weighted by Gasteiger charge is -2.18. The Labute approximate surface area is 172 Å². The van der Waals surface area contributed by atoms with E-state index in [1.807, 2.05) is 13.8 Å². The molecule has 0 aromatic heterocycles. The highest BCUT2D eigenvalue weighted by atomic mass is 32.2. The first-order chi connectivity index (χ1) is 13.9. The van der Waals surface area contributed by atoms with E-state index in [9.17, 15) is 18.6 Å². The predicted molar refractivity (Wildman–Crippen MR) is 111 cm³/mol. The summed E-state index contributed by atoms with van der Waals surface area (Å²) in [5.74, 6) is -1.31. The van der Waals surface area contributed by atoms with Gasteiger partial charge in [0.15, 0.2) is 6.61 Å². The summed E-state index contributed by atoms with van der Waals surface area (Å²) in [5, 5.41) is 2.61. The molecular weight excluding hydrogens is 392 g/mol. The first-order valence-electron chi connectivity index (χ1n) is 9.16. The summed E-state index contributed by atoms with van der Waals surface area (Å²) >= 11 is 0. The molecule has 1 atom stereocenters. The SMILES string of the molecule is CCN(CC)C(=O)c1ccc(NC(=O)COC(=O)c2ccccc2[S@@](C)=O)cc1. The van der Waals surface area contributed by atoms with Crippen LogP contribution in [0.4, 0.5) is 5.69 Å². The molecule has 8 heteroatoms. The normalized spacial score (nSPS) is 11.4. The van der Waals surface area contributed by atoms with Gasteiger partial charge in [-0.2, -0.15) is 0 Å². The van der Waals surface area contributed by atoms with Crippen LogP contribution in [0.25, 0.3) is 0 Å². The second kappa shape index (κ2) is 10.5. The van der Waals surface area contributed by atoms with Crippen molar-refractivity contribution in [2.75, 3.05) is 31.3 Å². The molecule has 7 nitrogen and oxygen atoms in total. The van der Waals surface area contributed by atoms with Crippen molar-refractivity contribution in [3.8, 4) is 0 Å². The summed E-state index contributed by atoms with van der Waals surface area (Å²) in [4.78, 5) is 38.6. The number of hydrogen-bond acceptors (Lipinski definition) is 5. The number of hydrogen-bond donors (Lipinski definition) is 1. The van der Waals surface area contributed by atoms with Crippen molar-refractivity contribution in [2.45, 2.75) is 18.7 Å². The fraction of sp³-hybridized carbons (Fsp3) is 0.286. The largest absolute Gasteiger partial charge is 0.452 e. The van der Waals surface area contributed by atoms with Gasteiger partial charge >= 0.3 is 5.97 Å². The Balaban J connectivity index is 1.94. The first kappa shape index (κ1) is 22.3. The third-order valence-corrected chi connectivity index (χ3v) is 5.19. The number of benzene rings is 2. The monoisotopic (exact) mass is 416 g/mol. The van der Waals surface area contributed by atoms with Gasteiger partial charge in [-0.05, 0) is 50.2 Å². The number of anilines is 1. The predicted octanol–water partition coefficient (Wildman–Crippen LogP) is 2.70. The van der Waals surface area contributed by atoms with Crippen LogP contribution in [-0.4, -0.2) is 52.8 Å². The van der Waals surface area contributed by atoms with Crippen molar-refractivity contribution in [3.05, 3.63) is 59.7 Å². The summed E-state index contributed by atoms with van der Waals surface area (Å²) in [6.45, 7) is 4.58. The van der Waals surface area contributed by atoms with Crippen molar-refractivity contribution >= 4 is 34.3 Å². The average molecular weight is 416 g/mol. The average Bonchev–Trinajstić information content (AvgIpc) is 2.73. The van der Waals surface area contributed by atoms with Gasteiger partial charge in [-0.25, -0.2) is 4.79 Å². The fourth-order valence-corrected chi connectivity index (χ4v) is 3.41. The van der Waals surface area contributed by atoms with Crippen LogP contribution in [0.5, 0.6) is 0 Å². The minimum atomic E-state index is -1.35. The number of esters is 1. The van der Waals surface area contributed by atoms with E-state index in [-0.39, 0.29) is 11.5 Å². The van der Waals surface area contributed by atoms with E-state index in [0.717, 1.165) is 0 Å². The summed E-state index contributed by atoms with van der Waals surface area (Å²) < 4.78 is 16.7. The van der Waals surface area contributed by atoms with Crippen molar-refractivity contribution in [1.82, 2.24) is 4.90 Å². The standard InChI is InChI=1S/C21H24N2O5S/c1-4-23(5-2)20(25)15-10-12-16(13-11-15)22-19(24)14-28-21(26)17-8-6-7-9-18(17)29(3)27/h6-13H,4-5,14H2,1-3H3,(H,22,24)/t29-/m1/s1. The van der Waals surface area contributed by atoms with Gasteiger partial charge in [-0.1, -0.05) is 12.1 Å². The summed E-state index contributed by atoms with van der Waals surface area (Å²) in [5.41, 5.74) is 1.18. The second-order valence-electron chi connectivity index (χ2n) is 6.13. The molecule has 2 aromatic carbocycles. The third kappa shape index (κ3) is 5.99. The van der Waals surface area contributed by atoms with Crippen molar-refractivity contribution in [3.63, 3.8) is 0 Å². The molecule has 154 valence electrons. The van der Waals surface area contributed by atoms with Crippen LogP contribution in [0.3, 0.4) is 0 Å². The quantitative estimate of drug-likeness (QED) is 0.668. The number of nitrogens with one attached hydrogen (secondary N) is 1. The maximum absolute atomic E-state index is 12.3. The van der Waals surface area contributed by atoms with E-state index in [0.29, 0.717) is 29.2 Å². The van der Waals surface area contributed by atoms with E-state index < -0.39 is 29.3 Å². The molecule has 0 spiro atoms. The molecule has 0 aliphatic carbocycles. The minimum Gasteiger partial charge on any atom is -0.452 e. The van der Waals surface area contributed by atoms with Crippen molar-refractivity contribution in [1.29, 1.82) is 0 Å². The van der Waals surface area contributed by atoms with Crippen LogP contribution >= 0.6 is 0 Å². The number of carbonyl (C=O) groups is 3.